The molecule has 1 unspecified atom stereocenters. The zero-order valence-corrected chi connectivity index (χ0v) is 9.93. The first-order valence-corrected chi connectivity index (χ1v) is 5.93. The number of ether oxygens (including phenoxy) is 1. The van der Waals surface area contributed by atoms with Crippen molar-refractivity contribution < 1.29 is 15.1 Å². The third-order valence-corrected chi connectivity index (χ3v) is 3.04. The van der Waals surface area contributed by atoms with Gasteiger partial charge in [0.1, 0.15) is 0 Å². The maximum absolute atomic E-state index is 8.84. The summed E-state index contributed by atoms with van der Waals surface area (Å²) >= 11 is 0. The molecule has 0 spiro atoms. The molecule has 1 rings (SSSR count). The lowest BCUT2D eigenvalue weighted by Gasteiger charge is -2.32. The summed E-state index contributed by atoms with van der Waals surface area (Å²) < 4.78 is 5.24. The Labute approximate surface area is 96.7 Å². The molecule has 0 amide bonds. The fourth-order valence-electron chi connectivity index (χ4n) is 2.04. The number of hydrogen-bond acceptors (Lipinski definition) is 5. The minimum atomic E-state index is 0.0822. The second-order valence-corrected chi connectivity index (χ2v) is 4.08. The van der Waals surface area contributed by atoms with Gasteiger partial charge < -0.3 is 20.0 Å². The fourth-order valence-corrected chi connectivity index (χ4v) is 2.04. The SMILES string of the molecule is CCC1CN(CCOCCO)CCC1=NO. The lowest BCUT2D eigenvalue weighted by Crippen LogP contribution is -2.42. The third-order valence-electron chi connectivity index (χ3n) is 3.04. The van der Waals surface area contributed by atoms with Gasteiger partial charge in [0.2, 0.25) is 0 Å². The second kappa shape index (κ2) is 7.60. The van der Waals surface area contributed by atoms with Crippen molar-refractivity contribution in [1.29, 1.82) is 0 Å². The molecule has 0 radical (unpaired) electrons. The smallest absolute Gasteiger partial charge is 0.0698 e. The summed E-state index contributed by atoms with van der Waals surface area (Å²) in [5.74, 6) is 0.372. The summed E-state index contributed by atoms with van der Waals surface area (Å²) in [5.41, 5.74) is 0.926. The van der Waals surface area contributed by atoms with Gasteiger partial charge in [-0.05, 0) is 6.42 Å². The quantitative estimate of drug-likeness (QED) is 0.397. The monoisotopic (exact) mass is 230 g/mol. The van der Waals surface area contributed by atoms with Crippen LogP contribution in [0.15, 0.2) is 5.16 Å². The average molecular weight is 230 g/mol. The van der Waals surface area contributed by atoms with Crippen molar-refractivity contribution in [3.05, 3.63) is 0 Å². The standard InChI is InChI=1S/C11H22N2O3/c1-2-10-9-13(4-3-11(10)12-15)5-7-16-8-6-14/h10,14-15H,2-9H2,1H3. The molecule has 94 valence electrons. The summed E-state index contributed by atoms with van der Waals surface area (Å²) in [4.78, 5) is 2.32. The first-order chi connectivity index (χ1) is 7.81. The lowest BCUT2D eigenvalue weighted by atomic mass is 9.93. The summed E-state index contributed by atoms with van der Waals surface area (Å²) in [5, 5.41) is 20.8. The lowest BCUT2D eigenvalue weighted by molar-refractivity contribution is 0.0701. The molecule has 0 aromatic rings. The van der Waals surface area contributed by atoms with E-state index in [0.717, 1.165) is 38.2 Å². The highest BCUT2D eigenvalue weighted by atomic mass is 16.5. The van der Waals surface area contributed by atoms with Crippen molar-refractivity contribution in [2.75, 3.05) is 39.5 Å². The molecule has 1 saturated heterocycles. The number of rotatable bonds is 6. The third kappa shape index (κ3) is 4.08. The molecule has 1 fully saturated rings. The van der Waals surface area contributed by atoms with E-state index >= 15 is 0 Å². The van der Waals surface area contributed by atoms with Gasteiger partial charge in [-0.15, -0.1) is 0 Å². The van der Waals surface area contributed by atoms with E-state index in [9.17, 15) is 0 Å². The molecule has 1 aliphatic rings. The molecule has 5 nitrogen and oxygen atoms in total. The first-order valence-electron chi connectivity index (χ1n) is 5.93. The molecule has 1 heterocycles. The minimum Gasteiger partial charge on any atom is -0.411 e. The van der Waals surface area contributed by atoms with Crippen molar-refractivity contribution in [3.8, 4) is 0 Å². The number of aliphatic hydroxyl groups excluding tert-OH is 1. The first kappa shape index (κ1) is 13.4. The zero-order chi connectivity index (χ0) is 11.8. The maximum atomic E-state index is 8.84. The van der Waals surface area contributed by atoms with Gasteiger partial charge in [0.15, 0.2) is 0 Å². The van der Waals surface area contributed by atoms with Gasteiger partial charge in [-0.1, -0.05) is 12.1 Å². The largest absolute Gasteiger partial charge is 0.411 e. The number of oxime groups is 1. The van der Waals surface area contributed by atoms with Crippen molar-refractivity contribution in [2.45, 2.75) is 19.8 Å². The van der Waals surface area contributed by atoms with Crippen LogP contribution in [0.4, 0.5) is 0 Å². The Morgan fingerprint density at radius 3 is 2.94 bits per heavy atom. The van der Waals surface area contributed by atoms with E-state index in [-0.39, 0.29) is 6.61 Å². The van der Waals surface area contributed by atoms with Gasteiger partial charge in [0, 0.05) is 32.0 Å². The molecular weight excluding hydrogens is 208 g/mol. The van der Waals surface area contributed by atoms with Crippen LogP contribution in [0.3, 0.4) is 0 Å². The van der Waals surface area contributed by atoms with Crippen LogP contribution in [0.2, 0.25) is 0 Å². The number of nitrogens with zero attached hydrogens (tertiary/aromatic N) is 2. The van der Waals surface area contributed by atoms with Crippen LogP contribution in [0.25, 0.3) is 0 Å². The van der Waals surface area contributed by atoms with Crippen LogP contribution in [-0.2, 0) is 4.74 Å². The highest BCUT2D eigenvalue weighted by Gasteiger charge is 2.24. The molecule has 1 atom stereocenters. The van der Waals surface area contributed by atoms with Gasteiger partial charge in [-0.2, -0.15) is 0 Å². The number of hydrogen-bond donors (Lipinski definition) is 2. The molecule has 5 heteroatoms. The highest BCUT2D eigenvalue weighted by Crippen LogP contribution is 2.16. The molecule has 1 aliphatic heterocycles. The molecular formula is C11H22N2O3. The Morgan fingerprint density at radius 1 is 1.50 bits per heavy atom. The van der Waals surface area contributed by atoms with Crippen molar-refractivity contribution in [2.24, 2.45) is 11.1 Å². The molecule has 0 aromatic heterocycles. The summed E-state index contributed by atoms with van der Waals surface area (Å²) in [6.45, 7) is 6.02. The predicted molar refractivity (Wildman–Crippen MR) is 62.0 cm³/mol. The van der Waals surface area contributed by atoms with E-state index in [1.807, 2.05) is 0 Å². The van der Waals surface area contributed by atoms with Gasteiger partial charge in [-0.25, -0.2) is 0 Å². The van der Waals surface area contributed by atoms with E-state index in [1.54, 1.807) is 0 Å². The van der Waals surface area contributed by atoms with Crippen LogP contribution in [0.5, 0.6) is 0 Å². The molecule has 0 aliphatic carbocycles. The number of likely N-dealkylation sites (tertiary alicyclic amines) is 1. The van der Waals surface area contributed by atoms with E-state index in [4.69, 9.17) is 15.1 Å². The summed E-state index contributed by atoms with van der Waals surface area (Å²) in [6.07, 6.45) is 1.85. The van der Waals surface area contributed by atoms with Crippen molar-refractivity contribution in [3.63, 3.8) is 0 Å². The summed E-state index contributed by atoms with van der Waals surface area (Å²) in [6, 6.07) is 0. The van der Waals surface area contributed by atoms with E-state index in [0.29, 0.717) is 19.1 Å². The van der Waals surface area contributed by atoms with Crippen LogP contribution >= 0.6 is 0 Å². The Kier molecular flexibility index (Phi) is 6.37. The second-order valence-electron chi connectivity index (χ2n) is 4.08. The maximum Gasteiger partial charge on any atom is 0.0698 e. The number of piperidine rings is 1. The topological polar surface area (TPSA) is 65.3 Å². The van der Waals surface area contributed by atoms with Gasteiger partial charge >= 0.3 is 0 Å². The van der Waals surface area contributed by atoms with E-state index in [1.165, 1.54) is 0 Å². The Morgan fingerprint density at radius 2 is 2.31 bits per heavy atom. The molecule has 0 saturated carbocycles. The van der Waals surface area contributed by atoms with Gasteiger partial charge in [-0.3, -0.25) is 0 Å². The van der Waals surface area contributed by atoms with Crippen LogP contribution in [-0.4, -0.2) is 60.4 Å². The van der Waals surface area contributed by atoms with Gasteiger partial charge in [0.25, 0.3) is 0 Å². The van der Waals surface area contributed by atoms with Crippen LogP contribution in [0, 0.1) is 5.92 Å². The highest BCUT2D eigenvalue weighted by molar-refractivity contribution is 5.87. The number of aliphatic hydroxyl groups is 1. The molecule has 0 aromatic carbocycles. The Bertz CT molecular complexity index is 221. The molecule has 2 N–H and O–H groups in total. The summed E-state index contributed by atoms with van der Waals surface area (Å²) in [7, 11) is 0. The fraction of sp³-hybridized carbons (Fsp3) is 0.909. The molecule has 0 bridgehead atoms. The van der Waals surface area contributed by atoms with E-state index < -0.39 is 0 Å². The van der Waals surface area contributed by atoms with Crippen molar-refractivity contribution in [1.82, 2.24) is 4.90 Å². The van der Waals surface area contributed by atoms with Crippen LogP contribution < -0.4 is 0 Å². The van der Waals surface area contributed by atoms with Crippen molar-refractivity contribution >= 4 is 5.71 Å². The predicted octanol–water partition coefficient (Wildman–Crippen LogP) is 0.557. The van der Waals surface area contributed by atoms with E-state index in [2.05, 4.69) is 17.0 Å². The van der Waals surface area contributed by atoms with Crippen LogP contribution in [0.1, 0.15) is 19.8 Å². The Hall–Kier alpha value is -0.650. The molecule has 16 heavy (non-hydrogen) atoms. The Balaban J connectivity index is 2.25. The van der Waals surface area contributed by atoms with Gasteiger partial charge in [0.05, 0.1) is 25.5 Å². The minimum absolute atomic E-state index is 0.0822. The zero-order valence-electron chi connectivity index (χ0n) is 9.93. The average Bonchev–Trinajstić information content (AvgIpc) is 2.34. The normalized spacial score (nSPS) is 25.1.